The van der Waals surface area contributed by atoms with Gasteiger partial charge >= 0.3 is 0 Å². The molecule has 0 unspecified atom stereocenters. The van der Waals surface area contributed by atoms with Crippen LogP contribution in [0.3, 0.4) is 0 Å². The quantitative estimate of drug-likeness (QED) is 0.450. The summed E-state index contributed by atoms with van der Waals surface area (Å²) in [4.78, 5) is 0. The molecule has 0 saturated heterocycles. The van der Waals surface area contributed by atoms with Gasteiger partial charge in [0.05, 0.1) is 5.02 Å². The topological polar surface area (TPSA) is 53.0 Å². The highest BCUT2D eigenvalue weighted by molar-refractivity contribution is 6.31. The van der Waals surface area contributed by atoms with Gasteiger partial charge in [0.15, 0.2) is 0 Å². The van der Waals surface area contributed by atoms with Crippen LogP contribution in [0, 0.1) is 12.1 Å². The molecule has 0 amide bonds. The third kappa shape index (κ3) is 0.998. The zero-order valence-electron chi connectivity index (χ0n) is 5.47. The molecule has 0 radical (unpaired) electrons. The van der Waals surface area contributed by atoms with Crippen LogP contribution in [-0.4, -0.2) is 0 Å². The minimum absolute atomic E-state index is 0.168. The van der Waals surface area contributed by atoms with Gasteiger partial charge in [-0.05, 0) is 13.0 Å². The standard InChI is InChI=1S/C6H7ClN2O/c1-4-5(7)2-3-6(8)9(4)10/h2-3H,8H2,1H3. The molecule has 1 heterocycles. The van der Waals surface area contributed by atoms with E-state index in [1.165, 1.54) is 6.07 Å². The van der Waals surface area contributed by atoms with Crippen molar-refractivity contribution in [3.63, 3.8) is 0 Å². The predicted octanol–water partition coefficient (Wildman–Crippen LogP) is 0.864. The Morgan fingerprint density at radius 3 is 2.70 bits per heavy atom. The summed E-state index contributed by atoms with van der Waals surface area (Å²) < 4.78 is 0.600. The van der Waals surface area contributed by atoms with E-state index in [0.29, 0.717) is 15.4 Å². The molecule has 1 rings (SSSR count). The van der Waals surface area contributed by atoms with Crippen molar-refractivity contribution in [1.82, 2.24) is 0 Å². The lowest BCUT2D eigenvalue weighted by molar-refractivity contribution is -0.596. The molecule has 3 nitrogen and oxygen atoms in total. The van der Waals surface area contributed by atoms with Crippen molar-refractivity contribution in [2.75, 3.05) is 5.73 Å². The summed E-state index contributed by atoms with van der Waals surface area (Å²) in [7, 11) is 0. The molecule has 4 heteroatoms. The molecule has 0 fully saturated rings. The maximum absolute atomic E-state index is 10.9. The van der Waals surface area contributed by atoms with E-state index >= 15 is 0 Å². The van der Waals surface area contributed by atoms with Crippen LogP contribution in [0.15, 0.2) is 12.1 Å². The van der Waals surface area contributed by atoms with E-state index in [2.05, 4.69) is 0 Å². The SMILES string of the molecule is Cc1c(Cl)ccc(N)[n+]1[O-]. The number of nitrogen functional groups attached to an aromatic ring is 1. The van der Waals surface area contributed by atoms with E-state index in [1.54, 1.807) is 13.0 Å². The maximum Gasteiger partial charge on any atom is 0.275 e. The number of nitrogens with two attached hydrogens (primary N) is 1. The fourth-order valence-corrected chi connectivity index (χ4v) is 0.777. The average Bonchev–Trinajstić information content (AvgIpc) is 1.93. The van der Waals surface area contributed by atoms with Gasteiger partial charge < -0.3 is 5.21 Å². The van der Waals surface area contributed by atoms with E-state index in [-0.39, 0.29) is 5.82 Å². The molecule has 10 heavy (non-hydrogen) atoms. The van der Waals surface area contributed by atoms with E-state index in [0.717, 1.165) is 0 Å². The van der Waals surface area contributed by atoms with Gasteiger partial charge in [0.2, 0.25) is 0 Å². The van der Waals surface area contributed by atoms with Crippen molar-refractivity contribution in [3.8, 4) is 0 Å². The summed E-state index contributed by atoms with van der Waals surface area (Å²) in [6.07, 6.45) is 0. The number of aromatic nitrogens is 1. The Labute approximate surface area is 63.6 Å². The first-order chi connectivity index (χ1) is 4.63. The van der Waals surface area contributed by atoms with Crippen molar-refractivity contribution in [1.29, 1.82) is 0 Å². The highest BCUT2D eigenvalue weighted by Gasteiger charge is 2.02. The molecule has 2 N–H and O–H groups in total. The Kier molecular flexibility index (Phi) is 1.68. The second-order valence-corrected chi connectivity index (χ2v) is 2.39. The zero-order valence-corrected chi connectivity index (χ0v) is 6.22. The van der Waals surface area contributed by atoms with Crippen molar-refractivity contribution in [2.45, 2.75) is 6.92 Å². The summed E-state index contributed by atoms with van der Waals surface area (Å²) in [5, 5.41) is 11.3. The number of anilines is 1. The van der Waals surface area contributed by atoms with Gasteiger partial charge in [0.1, 0.15) is 5.69 Å². The average molecular weight is 159 g/mol. The van der Waals surface area contributed by atoms with Crippen molar-refractivity contribution >= 4 is 17.4 Å². The normalized spacial score (nSPS) is 9.80. The molecule has 0 aliphatic carbocycles. The van der Waals surface area contributed by atoms with Crippen LogP contribution in [0.2, 0.25) is 5.02 Å². The largest absolute Gasteiger partial charge is 0.710 e. The zero-order chi connectivity index (χ0) is 7.72. The first-order valence-corrected chi connectivity index (χ1v) is 3.15. The van der Waals surface area contributed by atoms with Crippen LogP contribution in [0.5, 0.6) is 0 Å². The van der Waals surface area contributed by atoms with Crippen LogP contribution < -0.4 is 10.5 Å². The monoisotopic (exact) mass is 158 g/mol. The molecule has 1 aromatic heterocycles. The fraction of sp³-hybridized carbons (Fsp3) is 0.167. The van der Waals surface area contributed by atoms with Crippen LogP contribution in [-0.2, 0) is 0 Å². The van der Waals surface area contributed by atoms with E-state index < -0.39 is 0 Å². The molecule has 54 valence electrons. The number of hydrogen-bond donors (Lipinski definition) is 1. The summed E-state index contributed by atoms with van der Waals surface area (Å²) >= 11 is 5.61. The summed E-state index contributed by atoms with van der Waals surface area (Å²) in [6.45, 7) is 1.62. The van der Waals surface area contributed by atoms with Gasteiger partial charge in [-0.2, -0.15) is 0 Å². The minimum Gasteiger partial charge on any atom is -0.710 e. The van der Waals surface area contributed by atoms with Crippen LogP contribution in [0.1, 0.15) is 5.69 Å². The molecule has 0 aliphatic rings. The lowest BCUT2D eigenvalue weighted by Crippen LogP contribution is -2.33. The van der Waals surface area contributed by atoms with Crippen molar-refractivity contribution < 1.29 is 4.73 Å². The first-order valence-electron chi connectivity index (χ1n) is 2.77. The summed E-state index contributed by atoms with van der Waals surface area (Å²) in [5.41, 5.74) is 5.71. The molecule has 0 saturated carbocycles. The van der Waals surface area contributed by atoms with Gasteiger partial charge in [-0.3, -0.25) is 5.73 Å². The fourth-order valence-electron chi connectivity index (χ4n) is 0.637. The molecule has 0 aliphatic heterocycles. The Bertz CT molecular complexity index is 235. The lowest BCUT2D eigenvalue weighted by Gasteiger charge is -2.08. The number of hydrogen-bond acceptors (Lipinski definition) is 2. The van der Waals surface area contributed by atoms with Gasteiger partial charge in [-0.15, -0.1) is 0 Å². The second kappa shape index (κ2) is 2.34. The lowest BCUT2D eigenvalue weighted by atomic mass is 10.4. The van der Waals surface area contributed by atoms with Crippen LogP contribution >= 0.6 is 11.6 Å². The Morgan fingerprint density at radius 2 is 2.20 bits per heavy atom. The molecular weight excluding hydrogens is 152 g/mol. The smallest absolute Gasteiger partial charge is 0.275 e. The third-order valence-corrected chi connectivity index (χ3v) is 1.68. The molecular formula is C6H7ClN2O. The number of rotatable bonds is 0. The van der Waals surface area contributed by atoms with Gasteiger partial charge in [0, 0.05) is 6.07 Å². The first kappa shape index (κ1) is 7.15. The molecule has 0 atom stereocenters. The highest BCUT2D eigenvalue weighted by Crippen LogP contribution is 2.11. The van der Waals surface area contributed by atoms with Crippen molar-refractivity contribution in [2.24, 2.45) is 0 Å². The summed E-state index contributed by atoms with van der Waals surface area (Å²) in [6, 6.07) is 3.07. The maximum atomic E-state index is 10.9. The van der Waals surface area contributed by atoms with E-state index in [4.69, 9.17) is 17.3 Å². The molecule has 0 aromatic carbocycles. The molecule has 0 spiro atoms. The van der Waals surface area contributed by atoms with Crippen molar-refractivity contribution in [3.05, 3.63) is 28.1 Å². The van der Waals surface area contributed by atoms with Gasteiger partial charge in [-0.25, -0.2) is 4.73 Å². The molecule has 1 aromatic rings. The van der Waals surface area contributed by atoms with E-state index in [9.17, 15) is 5.21 Å². The number of nitrogens with zero attached hydrogens (tertiary/aromatic N) is 1. The second-order valence-electron chi connectivity index (χ2n) is 1.99. The number of halogens is 1. The summed E-state index contributed by atoms with van der Waals surface area (Å²) in [5.74, 6) is 0.168. The third-order valence-electron chi connectivity index (χ3n) is 1.29. The number of pyridine rings is 1. The minimum atomic E-state index is 0.168. The highest BCUT2D eigenvalue weighted by atomic mass is 35.5. The molecule has 0 bridgehead atoms. The Morgan fingerprint density at radius 1 is 1.60 bits per heavy atom. The van der Waals surface area contributed by atoms with E-state index in [1.807, 2.05) is 0 Å². The predicted molar refractivity (Wildman–Crippen MR) is 39.6 cm³/mol. The van der Waals surface area contributed by atoms with Gasteiger partial charge in [0.25, 0.3) is 5.82 Å². The Balaban J connectivity index is 3.34. The van der Waals surface area contributed by atoms with Gasteiger partial charge in [-0.1, -0.05) is 11.6 Å². The Hall–Kier alpha value is -0.960. The van der Waals surface area contributed by atoms with Crippen LogP contribution in [0.25, 0.3) is 0 Å². The van der Waals surface area contributed by atoms with Crippen LogP contribution in [0.4, 0.5) is 5.82 Å².